The summed E-state index contributed by atoms with van der Waals surface area (Å²) in [6.07, 6.45) is 9.10. The number of carboxylic acid groups (broad SMARTS) is 1. The average Bonchev–Trinajstić information content (AvgIpc) is 2.91. The van der Waals surface area contributed by atoms with Gasteiger partial charge in [0.05, 0.1) is 5.41 Å². The molecule has 2 amide bonds. The Bertz CT molecular complexity index is 383. The van der Waals surface area contributed by atoms with Crippen LogP contribution >= 0.6 is 0 Å². The van der Waals surface area contributed by atoms with Gasteiger partial charge in [0, 0.05) is 13.1 Å². The molecule has 0 saturated heterocycles. The highest BCUT2D eigenvalue weighted by atomic mass is 16.4. The van der Waals surface area contributed by atoms with Crippen LogP contribution < -0.4 is 10.6 Å². The summed E-state index contributed by atoms with van der Waals surface area (Å²) in [5, 5.41) is 15.2. The van der Waals surface area contributed by atoms with Crippen LogP contribution in [0.1, 0.15) is 64.7 Å². The molecule has 2 saturated carbocycles. The third kappa shape index (κ3) is 4.11. The number of carbonyl (C=O) groups excluding carboxylic acids is 1. The highest BCUT2D eigenvalue weighted by Gasteiger charge is 2.39. The Labute approximate surface area is 126 Å². The zero-order chi connectivity index (χ0) is 15.3. The van der Waals surface area contributed by atoms with E-state index >= 15 is 0 Å². The Balaban J connectivity index is 1.78. The molecule has 2 aliphatic carbocycles. The Kier molecular flexibility index (Phi) is 5.12. The normalized spacial score (nSPS) is 23.5. The first-order valence-electron chi connectivity index (χ1n) is 8.21. The molecule has 5 heteroatoms. The lowest BCUT2D eigenvalue weighted by Gasteiger charge is -2.33. The van der Waals surface area contributed by atoms with Crippen molar-refractivity contribution in [1.82, 2.24) is 10.6 Å². The molecule has 0 heterocycles. The fourth-order valence-electron chi connectivity index (χ4n) is 3.71. The van der Waals surface area contributed by atoms with Gasteiger partial charge in [-0.25, -0.2) is 4.79 Å². The fourth-order valence-corrected chi connectivity index (χ4v) is 3.71. The summed E-state index contributed by atoms with van der Waals surface area (Å²) in [6.45, 7) is 3.13. The van der Waals surface area contributed by atoms with Crippen LogP contribution in [0.3, 0.4) is 0 Å². The molecule has 0 spiro atoms. The molecule has 0 aromatic rings. The number of carbonyl (C=O) groups is 2. The molecule has 0 atom stereocenters. The number of nitrogens with one attached hydrogen (secondary N) is 2. The van der Waals surface area contributed by atoms with E-state index < -0.39 is 11.4 Å². The topological polar surface area (TPSA) is 78.4 Å². The number of rotatable bonds is 5. The van der Waals surface area contributed by atoms with Gasteiger partial charge in [0.1, 0.15) is 0 Å². The van der Waals surface area contributed by atoms with E-state index in [1.54, 1.807) is 0 Å². The number of amides is 2. The minimum Gasteiger partial charge on any atom is -0.481 e. The molecule has 120 valence electrons. The smallest absolute Gasteiger partial charge is 0.314 e. The van der Waals surface area contributed by atoms with Crippen molar-refractivity contribution in [2.24, 2.45) is 10.8 Å². The largest absolute Gasteiger partial charge is 0.481 e. The monoisotopic (exact) mass is 296 g/mol. The summed E-state index contributed by atoms with van der Waals surface area (Å²) in [6, 6.07) is -0.227. The van der Waals surface area contributed by atoms with Gasteiger partial charge < -0.3 is 15.7 Å². The first kappa shape index (κ1) is 16.1. The molecule has 21 heavy (non-hydrogen) atoms. The molecule has 0 radical (unpaired) electrons. The summed E-state index contributed by atoms with van der Waals surface area (Å²) in [5.74, 6) is -0.773. The molecule has 3 N–H and O–H groups in total. The van der Waals surface area contributed by atoms with E-state index in [1.807, 2.05) is 0 Å². The van der Waals surface area contributed by atoms with E-state index in [-0.39, 0.29) is 18.0 Å². The second-order valence-corrected chi connectivity index (χ2v) is 7.20. The standard InChI is InChI=1S/C16H28N2O3/c1-15(7-5-6-8-15)11-17-14(21)18-12-16(13(19)20)9-3-2-4-10-16/h2-12H2,1H3,(H,19,20)(H2,17,18,21). The van der Waals surface area contributed by atoms with Gasteiger partial charge in [0.2, 0.25) is 0 Å². The fraction of sp³-hybridized carbons (Fsp3) is 0.875. The Morgan fingerprint density at radius 2 is 1.43 bits per heavy atom. The second kappa shape index (κ2) is 6.67. The third-order valence-corrected chi connectivity index (χ3v) is 5.34. The molecule has 0 bridgehead atoms. The Morgan fingerprint density at radius 3 is 2.00 bits per heavy atom. The first-order valence-corrected chi connectivity index (χ1v) is 8.21. The maximum absolute atomic E-state index is 11.9. The molecule has 0 aromatic carbocycles. The van der Waals surface area contributed by atoms with Crippen LogP contribution in [0.4, 0.5) is 4.79 Å². The van der Waals surface area contributed by atoms with Crippen molar-refractivity contribution in [3.8, 4) is 0 Å². The van der Waals surface area contributed by atoms with Gasteiger partial charge in [-0.2, -0.15) is 0 Å². The number of aliphatic carboxylic acids is 1. The third-order valence-electron chi connectivity index (χ3n) is 5.34. The van der Waals surface area contributed by atoms with Crippen molar-refractivity contribution in [2.45, 2.75) is 64.7 Å². The van der Waals surface area contributed by atoms with Crippen molar-refractivity contribution < 1.29 is 14.7 Å². The van der Waals surface area contributed by atoms with Gasteiger partial charge in [-0.1, -0.05) is 39.0 Å². The predicted molar refractivity (Wildman–Crippen MR) is 81.1 cm³/mol. The number of urea groups is 1. The van der Waals surface area contributed by atoms with Gasteiger partial charge in [-0.05, 0) is 31.1 Å². The van der Waals surface area contributed by atoms with Crippen LogP contribution in [0, 0.1) is 10.8 Å². The minimum atomic E-state index is -0.773. The Hall–Kier alpha value is -1.26. The summed E-state index contributed by atoms with van der Waals surface area (Å²) >= 11 is 0. The van der Waals surface area contributed by atoms with E-state index in [9.17, 15) is 14.7 Å². The predicted octanol–water partition coefficient (Wildman–Crippen LogP) is 2.90. The van der Waals surface area contributed by atoms with E-state index in [4.69, 9.17) is 0 Å². The lowest BCUT2D eigenvalue weighted by atomic mass is 9.74. The van der Waals surface area contributed by atoms with E-state index in [0.717, 1.165) is 32.1 Å². The molecule has 0 aromatic heterocycles. The molecular weight excluding hydrogens is 268 g/mol. The zero-order valence-corrected chi connectivity index (χ0v) is 13.0. The van der Waals surface area contributed by atoms with E-state index in [0.29, 0.717) is 19.4 Å². The molecule has 2 aliphatic rings. The lowest BCUT2D eigenvalue weighted by Crippen LogP contribution is -2.48. The molecule has 0 unspecified atom stereocenters. The molecule has 2 rings (SSSR count). The van der Waals surface area contributed by atoms with E-state index in [2.05, 4.69) is 17.6 Å². The lowest BCUT2D eigenvalue weighted by molar-refractivity contribution is -0.150. The number of carboxylic acids is 1. The summed E-state index contributed by atoms with van der Waals surface area (Å²) < 4.78 is 0. The van der Waals surface area contributed by atoms with Crippen molar-refractivity contribution in [2.75, 3.05) is 13.1 Å². The van der Waals surface area contributed by atoms with Gasteiger partial charge in [0.15, 0.2) is 0 Å². The van der Waals surface area contributed by atoms with Crippen LogP contribution in [0.25, 0.3) is 0 Å². The maximum Gasteiger partial charge on any atom is 0.314 e. The van der Waals surface area contributed by atoms with Crippen LogP contribution in [0.2, 0.25) is 0 Å². The number of hydrogen-bond donors (Lipinski definition) is 3. The molecule has 5 nitrogen and oxygen atoms in total. The van der Waals surface area contributed by atoms with Crippen LogP contribution in [0.5, 0.6) is 0 Å². The van der Waals surface area contributed by atoms with Crippen molar-refractivity contribution in [3.05, 3.63) is 0 Å². The minimum absolute atomic E-state index is 0.215. The average molecular weight is 296 g/mol. The summed E-state index contributed by atoms with van der Waals surface area (Å²) in [4.78, 5) is 23.5. The maximum atomic E-state index is 11.9. The van der Waals surface area contributed by atoms with Gasteiger partial charge in [-0.3, -0.25) is 4.79 Å². The highest BCUT2D eigenvalue weighted by Crippen LogP contribution is 2.37. The SMILES string of the molecule is CC1(CNC(=O)NCC2(C(=O)O)CCCCC2)CCCC1. The highest BCUT2D eigenvalue weighted by molar-refractivity contribution is 5.78. The van der Waals surface area contributed by atoms with Crippen LogP contribution in [-0.4, -0.2) is 30.2 Å². The van der Waals surface area contributed by atoms with Crippen LogP contribution in [0.15, 0.2) is 0 Å². The first-order chi connectivity index (χ1) is 9.96. The van der Waals surface area contributed by atoms with E-state index in [1.165, 1.54) is 12.8 Å². The Morgan fingerprint density at radius 1 is 0.905 bits per heavy atom. The second-order valence-electron chi connectivity index (χ2n) is 7.20. The molecule has 0 aliphatic heterocycles. The summed E-state index contributed by atoms with van der Waals surface area (Å²) in [5.41, 5.74) is -0.542. The molecular formula is C16H28N2O3. The van der Waals surface area contributed by atoms with Gasteiger partial charge in [0.25, 0.3) is 0 Å². The van der Waals surface area contributed by atoms with Crippen LogP contribution in [-0.2, 0) is 4.79 Å². The van der Waals surface area contributed by atoms with Gasteiger partial charge >= 0.3 is 12.0 Å². The zero-order valence-electron chi connectivity index (χ0n) is 13.0. The number of hydrogen-bond acceptors (Lipinski definition) is 2. The summed E-state index contributed by atoms with van der Waals surface area (Å²) in [7, 11) is 0. The molecule has 2 fully saturated rings. The quantitative estimate of drug-likeness (QED) is 0.730. The van der Waals surface area contributed by atoms with Crippen molar-refractivity contribution >= 4 is 12.0 Å². The van der Waals surface area contributed by atoms with Gasteiger partial charge in [-0.15, -0.1) is 0 Å². The van der Waals surface area contributed by atoms with Crippen molar-refractivity contribution in [1.29, 1.82) is 0 Å². The van der Waals surface area contributed by atoms with Crippen molar-refractivity contribution in [3.63, 3.8) is 0 Å².